The van der Waals surface area contributed by atoms with Gasteiger partial charge in [-0.3, -0.25) is 29.1 Å². The summed E-state index contributed by atoms with van der Waals surface area (Å²) in [6.45, 7) is 3.44. The number of carbonyl (C=O) groups excluding carboxylic acids is 3. The fourth-order valence-electron chi connectivity index (χ4n) is 2.60. The fourth-order valence-corrected chi connectivity index (χ4v) is 2.77. The molecule has 0 radical (unpaired) electrons. The highest BCUT2D eigenvalue weighted by atomic mass is 35.5. The van der Waals surface area contributed by atoms with Crippen molar-refractivity contribution in [3.8, 4) is 5.69 Å². The number of nitrogens with two attached hydrogens (primary N) is 1. The molecule has 0 spiro atoms. The Hall–Kier alpha value is -3.13. The SMILES string of the molecule is CC(C)C(=O)Nc1ccc(Cl)cc1-n1c(N)c2c(cc1=O)C(=O)NC2=O. The first kappa shape index (κ1) is 17.7. The number of amides is 3. The average molecular weight is 375 g/mol. The standard InChI is InChI=1S/C17H15ClN4O4/c1-7(2)15(24)20-10-4-3-8(18)5-11(10)22-12(23)6-9-13(14(22)19)17(26)21-16(9)25/h3-7H,19H2,1-2H3,(H,20,24)(H,21,25,26). The zero-order valence-corrected chi connectivity index (χ0v) is 14.7. The highest BCUT2D eigenvalue weighted by Gasteiger charge is 2.32. The van der Waals surface area contributed by atoms with Gasteiger partial charge in [-0.05, 0) is 18.2 Å². The van der Waals surface area contributed by atoms with E-state index in [1.54, 1.807) is 19.9 Å². The first-order valence-electron chi connectivity index (χ1n) is 7.72. The second kappa shape index (κ2) is 6.30. The van der Waals surface area contributed by atoms with E-state index in [-0.39, 0.29) is 34.5 Å². The lowest BCUT2D eigenvalue weighted by atomic mass is 10.1. The van der Waals surface area contributed by atoms with Crippen molar-refractivity contribution in [3.05, 3.63) is 50.8 Å². The zero-order chi connectivity index (χ0) is 19.2. The van der Waals surface area contributed by atoms with E-state index >= 15 is 0 Å². The van der Waals surface area contributed by atoms with Crippen molar-refractivity contribution in [2.45, 2.75) is 13.8 Å². The number of anilines is 2. The molecule has 1 aromatic carbocycles. The van der Waals surface area contributed by atoms with E-state index in [1.165, 1.54) is 12.1 Å². The number of hydrogen-bond acceptors (Lipinski definition) is 5. The van der Waals surface area contributed by atoms with Crippen molar-refractivity contribution in [3.63, 3.8) is 0 Å². The molecular weight excluding hydrogens is 360 g/mol. The minimum Gasteiger partial charge on any atom is -0.384 e. The lowest BCUT2D eigenvalue weighted by molar-refractivity contribution is -0.118. The van der Waals surface area contributed by atoms with Crippen molar-refractivity contribution < 1.29 is 14.4 Å². The minimum atomic E-state index is -0.689. The summed E-state index contributed by atoms with van der Waals surface area (Å²) in [4.78, 5) is 48.4. The molecule has 1 aromatic heterocycles. The molecule has 0 bridgehead atoms. The number of halogens is 1. The molecule has 0 aliphatic carbocycles. The van der Waals surface area contributed by atoms with Gasteiger partial charge in [0, 0.05) is 17.0 Å². The maximum absolute atomic E-state index is 12.6. The Morgan fingerprint density at radius 2 is 1.88 bits per heavy atom. The number of nitrogens with one attached hydrogen (secondary N) is 2. The Balaban J connectivity index is 2.25. The summed E-state index contributed by atoms with van der Waals surface area (Å²) in [6, 6.07) is 5.55. The third kappa shape index (κ3) is 2.84. The van der Waals surface area contributed by atoms with E-state index < -0.39 is 17.4 Å². The molecular formula is C17H15ClN4O4. The number of fused-ring (bicyclic) bond motifs is 1. The number of aromatic nitrogens is 1. The van der Waals surface area contributed by atoms with Gasteiger partial charge in [0.15, 0.2) is 0 Å². The van der Waals surface area contributed by atoms with Crippen LogP contribution in [0.1, 0.15) is 34.6 Å². The van der Waals surface area contributed by atoms with E-state index in [1.807, 2.05) is 0 Å². The molecule has 1 aliphatic heterocycles. The van der Waals surface area contributed by atoms with E-state index in [0.29, 0.717) is 10.7 Å². The Labute approximate surface area is 152 Å². The topological polar surface area (TPSA) is 123 Å². The van der Waals surface area contributed by atoms with Crippen LogP contribution in [-0.2, 0) is 4.79 Å². The molecule has 0 saturated carbocycles. The van der Waals surface area contributed by atoms with Crippen LogP contribution in [0.15, 0.2) is 29.1 Å². The van der Waals surface area contributed by atoms with E-state index in [2.05, 4.69) is 10.6 Å². The molecule has 0 atom stereocenters. The van der Waals surface area contributed by atoms with Crippen molar-refractivity contribution in [2.75, 3.05) is 11.1 Å². The quantitative estimate of drug-likeness (QED) is 0.703. The fraction of sp³-hybridized carbons (Fsp3) is 0.176. The summed E-state index contributed by atoms with van der Waals surface area (Å²) >= 11 is 6.04. The van der Waals surface area contributed by atoms with Crippen LogP contribution in [0.5, 0.6) is 0 Å². The second-order valence-corrected chi connectivity index (χ2v) is 6.52. The molecule has 2 aromatic rings. The van der Waals surface area contributed by atoms with Gasteiger partial charge in [0.1, 0.15) is 5.82 Å². The van der Waals surface area contributed by atoms with E-state index in [9.17, 15) is 19.2 Å². The molecule has 1 aliphatic rings. The lowest BCUT2D eigenvalue weighted by Gasteiger charge is -2.17. The molecule has 3 amide bonds. The Morgan fingerprint density at radius 3 is 2.54 bits per heavy atom. The van der Waals surface area contributed by atoms with E-state index in [4.69, 9.17) is 17.3 Å². The van der Waals surface area contributed by atoms with Gasteiger partial charge in [-0.2, -0.15) is 0 Å². The number of carbonyl (C=O) groups is 3. The molecule has 9 heteroatoms. The van der Waals surface area contributed by atoms with Crippen molar-refractivity contribution in [1.82, 2.24) is 9.88 Å². The van der Waals surface area contributed by atoms with Gasteiger partial charge in [0.05, 0.1) is 22.5 Å². The number of hydrogen-bond donors (Lipinski definition) is 3. The summed E-state index contributed by atoms with van der Waals surface area (Å²) < 4.78 is 1.04. The Kier molecular flexibility index (Phi) is 4.29. The predicted octanol–water partition coefficient (Wildman–Crippen LogP) is 1.55. The summed E-state index contributed by atoms with van der Waals surface area (Å²) in [6.07, 6.45) is 0. The van der Waals surface area contributed by atoms with Crippen molar-refractivity contribution in [1.29, 1.82) is 0 Å². The molecule has 4 N–H and O–H groups in total. The van der Waals surface area contributed by atoms with Crippen LogP contribution in [0.25, 0.3) is 5.69 Å². The largest absolute Gasteiger partial charge is 0.384 e. The van der Waals surface area contributed by atoms with Gasteiger partial charge in [-0.15, -0.1) is 0 Å². The predicted molar refractivity (Wildman–Crippen MR) is 96.7 cm³/mol. The maximum Gasteiger partial charge on any atom is 0.262 e. The van der Waals surface area contributed by atoms with Crippen LogP contribution < -0.4 is 21.9 Å². The van der Waals surface area contributed by atoms with Crippen LogP contribution in [0.3, 0.4) is 0 Å². The first-order valence-corrected chi connectivity index (χ1v) is 8.10. The highest BCUT2D eigenvalue weighted by Crippen LogP contribution is 2.29. The third-order valence-electron chi connectivity index (χ3n) is 3.94. The minimum absolute atomic E-state index is 0.0801. The van der Waals surface area contributed by atoms with Gasteiger partial charge >= 0.3 is 0 Å². The molecule has 8 nitrogen and oxygen atoms in total. The lowest BCUT2D eigenvalue weighted by Crippen LogP contribution is -2.26. The van der Waals surface area contributed by atoms with Crippen LogP contribution in [0.4, 0.5) is 11.5 Å². The number of imide groups is 1. The molecule has 3 rings (SSSR count). The smallest absolute Gasteiger partial charge is 0.262 e. The Morgan fingerprint density at radius 1 is 1.19 bits per heavy atom. The summed E-state index contributed by atoms with van der Waals surface area (Å²) in [5, 5.41) is 5.09. The average Bonchev–Trinajstić information content (AvgIpc) is 2.83. The van der Waals surface area contributed by atoms with Gasteiger partial charge in [0.25, 0.3) is 17.4 Å². The van der Waals surface area contributed by atoms with E-state index in [0.717, 1.165) is 10.6 Å². The monoisotopic (exact) mass is 374 g/mol. The molecule has 0 saturated heterocycles. The summed E-state index contributed by atoms with van der Waals surface area (Å²) in [5.41, 5.74) is 5.72. The van der Waals surface area contributed by atoms with Crippen LogP contribution in [-0.4, -0.2) is 22.3 Å². The molecule has 2 heterocycles. The number of nitrogens with zero attached hydrogens (tertiary/aromatic N) is 1. The molecule has 26 heavy (non-hydrogen) atoms. The van der Waals surface area contributed by atoms with Gasteiger partial charge in [-0.1, -0.05) is 25.4 Å². The normalized spacial score (nSPS) is 12.9. The maximum atomic E-state index is 12.6. The van der Waals surface area contributed by atoms with Crippen molar-refractivity contribution in [2.24, 2.45) is 5.92 Å². The first-order chi connectivity index (χ1) is 12.2. The Bertz CT molecular complexity index is 1030. The number of rotatable bonds is 3. The zero-order valence-electron chi connectivity index (χ0n) is 13.9. The molecule has 134 valence electrons. The molecule has 0 fully saturated rings. The van der Waals surface area contributed by atoms with Crippen molar-refractivity contribution >= 4 is 40.8 Å². The van der Waals surface area contributed by atoms with Gasteiger partial charge in [0.2, 0.25) is 5.91 Å². The summed E-state index contributed by atoms with van der Waals surface area (Å²) in [5.74, 6) is -2.14. The number of benzene rings is 1. The second-order valence-electron chi connectivity index (χ2n) is 6.08. The third-order valence-corrected chi connectivity index (χ3v) is 4.17. The number of pyridine rings is 1. The van der Waals surface area contributed by atoms with Crippen LogP contribution >= 0.6 is 11.6 Å². The summed E-state index contributed by atoms with van der Waals surface area (Å²) in [7, 11) is 0. The highest BCUT2D eigenvalue weighted by molar-refractivity contribution is 6.31. The number of nitrogen functional groups attached to an aromatic ring is 1. The van der Waals surface area contributed by atoms with Crippen LogP contribution in [0, 0.1) is 5.92 Å². The molecule has 0 unspecified atom stereocenters. The van der Waals surface area contributed by atoms with Gasteiger partial charge < -0.3 is 11.1 Å². The van der Waals surface area contributed by atoms with Crippen LogP contribution in [0.2, 0.25) is 5.02 Å². The van der Waals surface area contributed by atoms with Gasteiger partial charge in [-0.25, -0.2) is 0 Å².